The van der Waals surface area contributed by atoms with Gasteiger partial charge in [-0.25, -0.2) is 10.5 Å². The maximum atomic E-state index is 11.0. The first-order valence-electron chi connectivity index (χ1n) is 5.73. The Kier molecular flexibility index (Phi) is 4.18. The number of nitrogens with one attached hydrogen (secondary N) is 1. The number of amides is 1. The first-order valence-corrected chi connectivity index (χ1v) is 6.11. The number of aryl methyl sites for hydroxylation is 1. The van der Waals surface area contributed by atoms with Crippen molar-refractivity contribution < 1.29 is 14.7 Å². The maximum absolute atomic E-state index is 11.0. The van der Waals surface area contributed by atoms with Gasteiger partial charge in [-0.1, -0.05) is 11.6 Å². The zero-order chi connectivity index (χ0) is 13.8. The monoisotopic (exact) mass is 284 g/mol. The van der Waals surface area contributed by atoms with Crippen molar-refractivity contribution in [2.45, 2.75) is 19.9 Å². The van der Waals surface area contributed by atoms with Crippen molar-refractivity contribution in [1.29, 1.82) is 0 Å². The zero-order valence-corrected chi connectivity index (χ0v) is 11.0. The fourth-order valence-corrected chi connectivity index (χ4v) is 1.88. The summed E-state index contributed by atoms with van der Waals surface area (Å²) in [4.78, 5) is 15.1. The molecule has 0 unspecified atom stereocenters. The van der Waals surface area contributed by atoms with Gasteiger partial charge in [0, 0.05) is 12.5 Å². The number of carbonyl (C=O) groups excluding carboxylic acids is 1. The molecule has 7 nitrogen and oxygen atoms in total. The number of hydrogen-bond donors (Lipinski definition) is 2. The molecule has 0 atom stereocenters. The van der Waals surface area contributed by atoms with E-state index in [0.29, 0.717) is 24.2 Å². The van der Waals surface area contributed by atoms with Gasteiger partial charge in [0.2, 0.25) is 11.8 Å². The van der Waals surface area contributed by atoms with E-state index in [2.05, 4.69) is 10.1 Å². The van der Waals surface area contributed by atoms with E-state index in [1.165, 1.54) is 0 Å². The van der Waals surface area contributed by atoms with Crippen molar-refractivity contribution in [3.05, 3.63) is 17.4 Å². The van der Waals surface area contributed by atoms with Crippen LogP contribution in [-0.4, -0.2) is 32.5 Å². The first kappa shape index (κ1) is 13.6. The highest BCUT2D eigenvalue weighted by Crippen LogP contribution is 2.26. The van der Waals surface area contributed by atoms with E-state index in [-0.39, 0.29) is 6.42 Å². The molecule has 2 rings (SSSR count). The topological polar surface area (TPSA) is 89.3 Å². The number of rotatable bonds is 5. The van der Waals surface area contributed by atoms with E-state index in [4.69, 9.17) is 21.5 Å². The van der Waals surface area contributed by atoms with Gasteiger partial charge >= 0.3 is 0 Å². The third-order valence-electron chi connectivity index (χ3n) is 2.53. The van der Waals surface area contributed by atoms with Gasteiger partial charge in [0.05, 0.1) is 30.3 Å². The molecule has 0 radical (unpaired) electrons. The van der Waals surface area contributed by atoms with Crippen LogP contribution in [0.25, 0.3) is 10.9 Å². The number of carbonyl (C=O) groups is 1. The first-order chi connectivity index (χ1) is 9.15. The Hall–Kier alpha value is -1.86. The van der Waals surface area contributed by atoms with Crippen LogP contribution >= 0.6 is 11.6 Å². The minimum Gasteiger partial charge on any atom is -0.477 e. The Morgan fingerprint density at radius 2 is 2.42 bits per heavy atom. The van der Waals surface area contributed by atoms with Gasteiger partial charge in [-0.2, -0.15) is 5.10 Å². The van der Waals surface area contributed by atoms with Gasteiger partial charge in [-0.15, -0.1) is 0 Å². The SMILES string of the molecule is CCOc1nc(Cl)cc2c1cnn2CCC(=O)NO. The second-order valence-corrected chi connectivity index (χ2v) is 4.16. The minimum absolute atomic E-state index is 0.108. The molecule has 2 aromatic rings. The summed E-state index contributed by atoms with van der Waals surface area (Å²) in [7, 11) is 0. The molecule has 8 heteroatoms. The molecule has 0 bridgehead atoms. The molecule has 2 aromatic heterocycles. The largest absolute Gasteiger partial charge is 0.477 e. The molecule has 0 fully saturated rings. The van der Waals surface area contributed by atoms with Crippen LogP contribution in [0.4, 0.5) is 0 Å². The second-order valence-electron chi connectivity index (χ2n) is 3.77. The van der Waals surface area contributed by atoms with E-state index < -0.39 is 5.91 Å². The van der Waals surface area contributed by atoms with Crippen molar-refractivity contribution in [3.63, 3.8) is 0 Å². The van der Waals surface area contributed by atoms with Gasteiger partial charge in [-0.3, -0.25) is 14.7 Å². The van der Waals surface area contributed by atoms with Crippen molar-refractivity contribution in [2.24, 2.45) is 0 Å². The Balaban J connectivity index is 2.33. The lowest BCUT2D eigenvalue weighted by molar-refractivity contribution is -0.129. The molecule has 0 spiro atoms. The summed E-state index contributed by atoms with van der Waals surface area (Å²) in [5.41, 5.74) is 2.31. The Labute approximate surface area is 114 Å². The van der Waals surface area contributed by atoms with Crippen LogP contribution in [0.15, 0.2) is 12.3 Å². The molecular formula is C11H13ClN4O3. The summed E-state index contributed by atoms with van der Waals surface area (Å²) < 4.78 is 7.00. The highest BCUT2D eigenvalue weighted by molar-refractivity contribution is 6.30. The molecule has 0 aliphatic rings. The van der Waals surface area contributed by atoms with Crippen molar-refractivity contribution in [3.8, 4) is 5.88 Å². The van der Waals surface area contributed by atoms with Crippen LogP contribution in [0, 0.1) is 0 Å². The molecule has 0 saturated carbocycles. The van der Waals surface area contributed by atoms with Gasteiger partial charge in [0.1, 0.15) is 5.15 Å². The molecule has 19 heavy (non-hydrogen) atoms. The predicted molar refractivity (Wildman–Crippen MR) is 68.3 cm³/mol. The van der Waals surface area contributed by atoms with Gasteiger partial charge in [-0.05, 0) is 6.92 Å². The third kappa shape index (κ3) is 2.94. The third-order valence-corrected chi connectivity index (χ3v) is 2.72. The highest BCUT2D eigenvalue weighted by atomic mass is 35.5. The number of pyridine rings is 1. The Bertz CT molecular complexity index is 599. The number of fused-ring (bicyclic) bond motifs is 1. The lowest BCUT2D eigenvalue weighted by Crippen LogP contribution is -2.20. The summed E-state index contributed by atoms with van der Waals surface area (Å²) in [6.07, 6.45) is 1.72. The van der Waals surface area contributed by atoms with Crippen LogP contribution in [0.1, 0.15) is 13.3 Å². The molecular weight excluding hydrogens is 272 g/mol. The number of hydroxylamine groups is 1. The van der Waals surface area contributed by atoms with Gasteiger partial charge < -0.3 is 4.74 Å². The second kappa shape index (κ2) is 5.85. The summed E-state index contributed by atoms with van der Waals surface area (Å²) in [5.74, 6) is -0.0586. The van der Waals surface area contributed by atoms with Crippen LogP contribution in [-0.2, 0) is 11.3 Å². The average Bonchev–Trinajstić information content (AvgIpc) is 2.79. The normalized spacial score (nSPS) is 10.7. The van der Waals surface area contributed by atoms with E-state index in [9.17, 15) is 4.79 Å². The number of halogens is 1. The molecule has 1 amide bonds. The van der Waals surface area contributed by atoms with E-state index in [1.54, 1.807) is 22.4 Å². The van der Waals surface area contributed by atoms with Crippen LogP contribution in [0.5, 0.6) is 5.88 Å². The smallest absolute Gasteiger partial charge is 0.245 e. The van der Waals surface area contributed by atoms with Crippen LogP contribution < -0.4 is 10.2 Å². The lowest BCUT2D eigenvalue weighted by atomic mass is 10.3. The highest BCUT2D eigenvalue weighted by Gasteiger charge is 2.12. The molecule has 2 N–H and O–H groups in total. The summed E-state index contributed by atoms with van der Waals surface area (Å²) in [6.45, 7) is 2.65. The summed E-state index contributed by atoms with van der Waals surface area (Å²) in [5, 5.41) is 13.6. The maximum Gasteiger partial charge on any atom is 0.245 e. The summed E-state index contributed by atoms with van der Waals surface area (Å²) in [6, 6.07) is 1.66. The van der Waals surface area contributed by atoms with E-state index in [0.717, 1.165) is 10.9 Å². The standard InChI is InChI=1S/C11H13ClN4O3/c1-2-19-11-7-6-13-16(4-3-10(17)15-18)8(7)5-9(12)14-11/h5-6,18H,2-4H2,1H3,(H,15,17). The van der Waals surface area contributed by atoms with Gasteiger partial charge in [0.15, 0.2) is 0 Å². The predicted octanol–water partition coefficient (Wildman–Crippen LogP) is 1.38. The zero-order valence-electron chi connectivity index (χ0n) is 10.3. The molecule has 0 aromatic carbocycles. The summed E-state index contributed by atoms with van der Waals surface area (Å²) >= 11 is 5.93. The van der Waals surface area contributed by atoms with Crippen molar-refractivity contribution in [2.75, 3.05) is 6.61 Å². The number of hydrogen-bond acceptors (Lipinski definition) is 5. The Morgan fingerprint density at radius 1 is 1.63 bits per heavy atom. The molecule has 0 aliphatic heterocycles. The van der Waals surface area contributed by atoms with Crippen molar-refractivity contribution in [1.82, 2.24) is 20.2 Å². The number of aromatic nitrogens is 3. The van der Waals surface area contributed by atoms with Crippen LogP contribution in [0.3, 0.4) is 0 Å². The van der Waals surface area contributed by atoms with E-state index >= 15 is 0 Å². The van der Waals surface area contributed by atoms with Gasteiger partial charge in [0.25, 0.3) is 0 Å². The fourth-order valence-electron chi connectivity index (χ4n) is 1.70. The van der Waals surface area contributed by atoms with E-state index in [1.807, 2.05) is 6.92 Å². The van der Waals surface area contributed by atoms with Crippen molar-refractivity contribution >= 4 is 28.4 Å². The lowest BCUT2D eigenvalue weighted by Gasteiger charge is -2.06. The number of ether oxygens (including phenoxy) is 1. The quantitative estimate of drug-likeness (QED) is 0.492. The Morgan fingerprint density at radius 3 is 3.11 bits per heavy atom. The van der Waals surface area contributed by atoms with Crippen LogP contribution in [0.2, 0.25) is 5.15 Å². The fraction of sp³-hybridized carbons (Fsp3) is 0.364. The number of nitrogens with zero attached hydrogens (tertiary/aromatic N) is 3. The minimum atomic E-state index is -0.478. The molecule has 2 heterocycles. The molecule has 0 saturated heterocycles. The molecule has 102 valence electrons. The average molecular weight is 285 g/mol. The molecule has 0 aliphatic carbocycles.